The minimum Gasteiger partial charge on any atom is -0.478 e. The Bertz CT molecular complexity index is 451. The number of hydrogen-bond donors (Lipinski definition) is 2. The molecule has 0 atom stereocenters. The van der Waals surface area contributed by atoms with E-state index >= 15 is 0 Å². The van der Waals surface area contributed by atoms with Crippen molar-refractivity contribution in [1.29, 1.82) is 0 Å². The van der Waals surface area contributed by atoms with Crippen molar-refractivity contribution in [3.63, 3.8) is 0 Å². The number of rotatable bonds is 4. The van der Waals surface area contributed by atoms with Crippen molar-refractivity contribution in [3.05, 3.63) is 46.5 Å². The number of nitrogens with one attached hydrogen (secondary N) is 1. The van der Waals surface area contributed by atoms with Crippen molar-refractivity contribution in [2.24, 2.45) is 0 Å². The largest absolute Gasteiger partial charge is 0.478 e. The van der Waals surface area contributed by atoms with Gasteiger partial charge < -0.3 is 10.4 Å². The summed E-state index contributed by atoms with van der Waals surface area (Å²) in [5.41, 5.74) is 0.891. The second kappa shape index (κ2) is 6.06. The third-order valence-corrected chi connectivity index (χ3v) is 2.32. The lowest BCUT2D eigenvalue weighted by molar-refractivity contribution is -0.133. The topological polar surface area (TPSA) is 66.4 Å². The maximum absolute atomic E-state index is 11.3. The van der Waals surface area contributed by atoms with E-state index in [2.05, 4.69) is 5.32 Å². The number of benzene rings is 1. The predicted octanol–water partition coefficient (Wildman–Crippen LogP) is 1.99. The maximum atomic E-state index is 11.3. The van der Waals surface area contributed by atoms with Gasteiger partial charge in [0.25, 0.3) is 0 Å². The first-order chi connectivity index (χ1) is 7.99. The predicted molar refractivity (Wildman–Crippen MR) is 64.7 cm³/mol. The number of carbonyl (C=O) groups excluding carboxylic acids is 1. The monoisotopic (exact) mass is 253 g/mol. The van der Waals surface area contributed by atoms with Crippen molar-refractivity contribution in [3.8, 4) is 0 Å². The Morgan fingerprint density at radius 1 is 1.35 bits per heavy atom. The molecule has 0 fully saturated rings. The number of carboxylic acid groups (broad SMARTS) is 1. The number of hydrogen-bond acceptors (Lipinski definition) is 2. The minimum absolute atomic E-state index is 0.00129. The average Bonchev–Trinajstić information content (AvgIpc) is 2.28. The fourth-order valence-corrected chi connectivity index (χ4v) is 1.23. The second-order valence-corrected chi connectivity index (χ2v) is 3.91. The summed E-state index contributed by atoms with van der Waals surface area (Å²) < 4.78 is 0. The fraction of sp³-hybridized carbons (Fsp3) is 0.167. The van der Waals surface area contributed by atoms with Crippen LogP contribution in [0.3, 0.4) is 0 Å². The molecule has 0 saturated heterocycles. The van der Waals surface area contributed by atoms with E-state index in [1.54, 1.807) is 24.3 Å². The van der Waals surface area contributed by atoms with Crippen LogP contribution in [0.25, 0.3) is 0 Å². The molecule has 0 unspecified atom stereocenters. The third kappa shape index (κ3) is 4.70. The molecule has 0 spiro atoms. The lowest BCUT2D eigenvalue weighted by Gasteiger charge is -2.03. The summed E-state index contributed by atoms with van der Waals surface area (Å²) in [5, 5.41) is 11.8. The van der Waals surface area contributed by atoms with Gasteiger partial charge in [-0.1, -0.05) is 23.7 Å². The summed E-state index contributed by atoms with van der Waals surface area (Å²) in [6.45, 7) is 1.70. The molecule has 1 rings (SSSR count). The van der Waals surface area contributed by atoms with Gasteiger partial charge >= 0.3 is 5.97 Å². The van der Waals surface area contributed by atoms with Crippen LogP contribution in [0.1, 0.15) is 12.5 Å². The smallest absolute Gasteiger partial charge is 0.331 e. The Morgan fingerprint density at radius 2 is 1.94 bits per heavy atom. The Kier molecular flexibility index (Phi) is 4.72. The van der Waals surface area contributed by atoms with E-state index in [9.17, 15) is 9.59 Å². The average molecular weight is 254 g/mol. The summed E-state index contributed by atoms with van der Waals surface area (Å²) in [7, 11) is 0. The number of halogens is 1. The molecule has 1 aromatic carbocycles. The zero-order chi connectivity index (χ0) is 12.8. The van der Waals surface area contributed by atoms with E-state index in [1.807, 2.05) is 0 Å². The van der Waals surface area contributed by atoms with Crippen molar-refractivity contribution in [2.75, 3.05) is 0 Å². The lowest BCUT2D eigenvalue weighted by atomic mass is 10.2. The SMILES string of the molecule is C/C(=C\C(=O)NCc1ccc(Cl)cc1)C(=O)O. The molecule has 0 saturated carbocycles. The number of carbonyl (C=O) groups is 2. The van der Waals surface area contributed by atoms with Crippen LogP contribution in [-0.4, -0.2) is 17.0 Å². The molecule has 0 aliphatic carbocycles. The lowest BCUT2D eigenvalue weighted by Crippen LogP contribution is -2.21. The van der Waals surface area contributed by atoms with Crippen LogP contribution in [-0.2, 0) is 16.1 Å². The molecule has 17 heavy (non-hydrogen) atoms. The van der Waals surface area contributed by atoms with Crippen molar-refractivity contribution in [1.82, 2.24) is 5.32 Å². The van der Waals surface area contributed by atoms with E-state index in [0.29, 0.717) is 11.6 Å². The fourth-order valence-electron chi connectivity index (χ4n) is 1.10. The summed E-state index contributed by atoms with van der Waals surface area (Å²) in [4.78, 5) is 21.8. The first-order valence-corrected chi connectivity index (χ1v) is 5.30. The maximum Gasteiger partial charge on any atom is 0.331 e. The van der Waals surface area contributed by atoms with Crippen LogP contribution in [0.15, 0.2) is 35.9 Å². The molecule has 1 aromatic rings. The molecule has 5 heteroatoms. The van der Waals surface area contributed by atoms with Crippen LogP contribution in [0, 0.1) is 0 Å². The Morgan fingerprint density at radius 3 is 2.47 bits per heavy atom. The first kappa shape index (κ1) is 13.3. The molecule has 4 nitrogen and oxygen atoms in total. The summed E-state index contributed by atoms with van der Waals surface area (Å²) in [6.07, 6.45) is 1.05. The van der Waals surface area contributed by atoms with Gasteiger partial charge in [-0.25, -0.2) is 4.79 Å². The highest BCUT2D eigenvalue weighted by Crippen LogP contribution is 2.09. The minimum atomic E-state index is -1.10. The zero-order valence-corrected chi connectivity index (χ0v) is 9.99. The number of amides is 1. The van der Waals surface area contributed by atoms with Crippen LogP contribution in [0.4, 0.5) is 0 Å². The summed E-state index contributed by atoms with van der Waals surface area (Å²) in [6, 6.07) is 7.02. The van der Waals surface area contributed by atoms with Crippen molar-refractivity contribution in [2.45, 2.75) is 13.5 Å². The molecule has 90 valence electrons. The Labute approximate surface area is 104 Å². The normalized spacial score (nSPS) is 11.1. The molecule has 0 heterocycles. The van der Waals surface area contributed by atoms with Gasteiger partial charge in [-0.15, -0.1) is 0 Å². The van der Waals surface area contributed by atoms with Gasteiger partial charge in [-0.2, -0.15) is 0 Å². The molecule has 0 aliphatic rings. The standard InChI is InChI=1S/C12H12ClNO3/c1-8(12(16)17)6-11(15)14-7-9-2-4-10(13)5-3-9/h2-6H,7H2,1H3,(H,14,15)(H,16,17)/b8-6+. The molecule has 2 N–H and O–H groups in total. The first-order valence-electron chi connectivity index (χ1n) is 4.93. The zero-order valence-electron chi connectivity index (χ0n) is 9.24. The molecule has 0 aromatic heterocycles. The van der Waals surface area contributed by atoms with E-state index in [1.165, 1.54) is 6.92 Å². The van der Waals surface area contributed by atoms with E-state index in [4.69, 9.17) is 16.7 Å². The van der Waals surface area contributed by atoms with Crippen molar-refractivity contribution >= 4 is 23.5 Å². The van der Waals surface area contributed by atoms with Gasteiger partial charge in [0, 0.05) is 23.2 Å². The van der Waals surface area contributed by atoms with Crippen LogP contribution in [0.2, 0.25) is 5.02 Å². The summed E-state index contributed by atoms with van der Waals surface area (Å²) in [5.74, 6) is -1.54. The molecule has 0 radical (unpaired) electrons. The van der Waals surface area contributed by atoms with Crippen molar-refractivity contribution < 1.29 is 14.7 Å². The third-order valence-electron chi connectivity index (χ3n) is 2.06. The van der Waals surface area contributed by atoms with Crippen LogP contribution in [0.5, 0.6) is 0 Å². The Hall–Kier alpha value is -1.81. The van der Waals surface area contributed by atoms with Gasteiger partial charge in [0.15, 0.2) is 0 Å². The molecule has 0 bridgehead atoms. The highest BCUT2D eigenvalue weighted by molar-refractivity contribution is 6.30. The van der Waals surface area contributed by atoms with Gasteiger partial charge in [0.2, 0.25) is 5.91 Å². The molecular weight excluding hydrogens is 242 g/mol. The second-order valence-electron chi connectivity index (χ2n) is 3.48. The molecule has 0 aliphatic heterocycles. The van der Waals surface area contributed by atoms with Gasteiger partial charge in [-0.3, -0.25) is 4.79 Å². The van der Waals surface area contributed by atoms with E-state index in [0.717, 1.165) is 11.6 Å². The quantitative estimate of drug-likeness (QED) is 0.807. The van der Waals surface area contributed by atoms with Gasteiger partial charge in [0.1, 0.15) is 0 Å². The molecular formula is C12H12ClNO3. The summed E-state index contributed by atoms with van der Waals surface area (Å²) >= 11 is 5.72. The highest BCUT2D eigenvalue weighted by atomic mass is 35.5. The van der Waals surface area contributed by atoms with Crippen LogP contribution < -0.4 is 5.32 Å². The number of carboxylic acids is 1. The van der Waals surface area contributed by atoms with Crippen LogP contribution >= 0.6 is 11.6 Å². The highest BCUT2D eigenvalue weighted by Gasteiger charge is 2.03. The van der Waals surface area contributed by atoms with E-state index in [-0.39, 0.29) is 5.57 Å². The van der Waals surface area contributed by atoms with E-state index < -0.39 is 11.9 Å². The Balaban J connectivity index is 2.51. The van der Waals surface area contributed by atoms with Gasteiger partial charge in [0.05, 0.1) is 0 Å². The number of aliphatic carboxylic acids is 1. The molecule has 1 amide bonds. The van der Waals surface area contributed by atoms with Gasteiger partial charge in [-0.05, 0) is 24.6 Å².